The van der Waals surface area contributed by atoms with Gasteiger partial charge in [-0.15, -0.1) is 0 Å². The predicted molar refractivity (Wildman–Crippen MR) is 61.1 cm³/mol. The van der Waals surface area contributed by atoms with Crippen LogP contribution in [0.25, 0.3) is 0 Å². The first-order valence-corrected chi connectivity index (χ1v) is 5.47. The molecule has 0 radical (unpaired) electrons. The lowest BCUT2D eigenvalue weighted by atomic mass is 10.2. The highest BCUT2D eigenvalue weighted by atomic mass is 32.2. The van der Waals surface area contributed by atoms with Gasteiger partial charge in [0.25, 0.3) is 5.24 Å². The van der Waals surface area contributed by atoms with Crippen molar-refractivity contribution in [2.24, 2.45) is 0 Å². The molecule has 17 heavy (non-hydrogen) atoms. The third kappa shape index (κ3) is 4.15. The Balaban J connectivity index is 0.000000181. The SMILES string of the molecule is O=C(O)c1ccccc1O.O=C1CSC(=O)N1. The van der Waals surface area contributed by atoms with Gasteiger partial charge in [0.2, 0.25) is 5.91 Å². The van der Waals surface area contributed by atoms with Crippen LogP contribution in [0, 0.1) is 0 Å². The first kappa shape index (κ1) is 13.0. The summed E-state index contributed by atoms with van der Waals surface area (Å²) < 4.78 is 0. The normalized spacial score (nSPS) is 13.6. The molecule has 0 atom stereocenters. The number of carboxylic acid groups (broad SMARTS) is 1. The number of rotatable bonds is 1. The quantitative estimate of drug-likeness (QED) is 0.693. The molecule has 2 rings (SSSR count). The van der Waals surface area contributed by atoms with E-state index in [0.717, 1.165) is 11.8 Å². The molecule has 1 aliphatic heterocycles. The van der Waals surface area contributed by atoms with Crippen LogP contribution in [0.15, 0.2) is 24.3 Å². The predicted octanol–water partition coefficient (Wildman–Crippen LogP) is 1.06. The van der Waals surface area contributed by atoms with Crippen molar-refractivity contribution in [1.29, 1.82) is 0 Å². The highest BCUT2D eigenvalue weighted by molar-refractivity contribution is 8.14. The summed E-state index contributed by atoms with van der Waals surface area (Å²) in [5, 5.41) is 19.2. The molecule has 0 aromatic heterocycles. The molecule has 1 aromatic carbocycles. The molecule has 0 spiro atoms. The summed E-state index contributed by atoms with van der Waals surface area (Å²) in [4.78, 5) is 30.4. The Hall–Kier alpha value is -2.02. The van der Waals surface area contributed by atoms with Gasteiger partial charge in [-0.2, -0.15) is 0 Å². The number of aromatic carboxylic acids is 1. The number of amides is 2. The fraction of sp³-hybridized carbons (Fsp3) is 0.100. The van der Waals surface area contributed by atoms with Crippen molar-refractivity contribution in [1.82, 2.24) is 5.32 Å². The van der Waals surface area contributed by atoms with Crippen molar-refractivity contribution in [3.05, 3.63) is 29.8 Å². The number of thioether (sulfide) groups is 1. The highest BCUT2D eigenvalue weighted by Crippen LogP contribution is 2.14. The summed E-state index contributed by atoms with van der Waals surface area (Å²) in [7, 11) is 0. The zero-order valence-corrected chi connectivity index (χ0v) is 9.36. The van der Waals surface area contributed by atoms with Gasteiger partial charge in [0, 0.05) is 0 Å². The number of carbonyl (C=O) groups excluding carboxylic acids is 2. The summed E-state index contributed by atoms with van der Waals surface area (Å²) >= 11 is 1.01. The van der Waals surface area contributed by atoms with E-state index in [1.807, 2.05) is 0 Å². The van der Waals surface area contributed by atoms with Crippen molar-refractivity contribution in [2.75, 3.05) is 5.75 Å². The summed E-state index contributed by atoms with van der Waals surface area (Å²) in [6.45, 7) is 0. The number of nitrogens with one attached hydrogen (secondary N) is 1. The first-order chi connectivity index (χ1) is 8.00. The van der Waals surface area contributed by atoms with Gasteiger partial charge < -0.3 is 10.2 Å². The molecule has 1 aromatic rings. The number of hydrogen-bond donors (Lipinski definition) is 3. The Bertz CT molecular complexity index is 446. The molecule has 90 valence electrons. The van der Waals surface area contributed by atoms with Gasteiger partial charge in [-0.05, 0) is 12.1 Å². The average Bonchev–Trinajstić information content (AvgIpc) is 2.63. The first-order valence-electron chi connectivity index (χ1n) is 4.48. The second-order valence-electron chi connectivity index (χ2n) is 2.95. The van der Waals surface area contributed by atoms with Gasteiger partial charge in [-0.25, -0.2) is 4.79 Å². The monoisotopic (exact) mass is 255 g/mol. The van der Waals surface area contributed by atoms with E-state index in [2.05, 4.69) is 5.32 Å². The van der Waals surface area contributed by atoms with Crippen LogP contribution < -0.4 is 5.32 Å². The summed E-state index contributed by atoms with van der Waals surface area (Å²) in [6.07, 6.45) is 0. The number of carboxylic acids is 1. The van der Waals surface area contributed by atoms with E-state index >= 15 is 0 Å². The topological polar surface area (TPSA) is 104 Å². The van der Waals surface area contributed by atoms with Crippen LogP contribution >= 0.6 is 11.8 Å². The van der Waals surface area contributed by atoms with Crippen LogP contribution in [0.3, 0.4) is 0 Å². The maximum atomic E-state index is 10.3. The maximum absolute atomic E-state index is 10.3. The molecule has 0 aliphatic carbocycles. The lowest BCUT2D eigenvalue weighted by Gasteiger charge is -1.95. The van der Waals surface area contributed by atoms with Crippen molar-refractivity contribution < 1.29 is 24.6 Å². The smallest absolute Gasteiger partial charge is 0.339 e. The summed E-state index contributed by atoms with van der Waals surface area (Å²) in [5.41, 5.74) is -0.0671. The van der Waals surface area contributed by atoms with E-state index < -0.39 is 5.97 Å². The lowest BCUT2D eigenvalue weighted by molar-refractivity contribution is -0.117. The van der Waals surface area contributed by atoms with E-state index in [1.54, 1.807) is 12.1 Å². The molecule has 7 heteroatoms. The Labute approximate surface area is 101 Å². The van der Waals surface area contributed by atoms with Gasteiger partial charge in [0.1, 0.15) is 11.3 Å². The summed E-state index contributed by atoms with van der Waals surface area (Å²) in [5.74, 6) is -1.21. The Morgan fingerprint density at radius 1 is 1.29 bits per heavy atom. The second-order valence-corrected chi connectivity index (χ2v) is 3.89. The number of hydrogen-bond acceptors (Lipinski definition) is 5. The van der Waals surface area contributed by atoms with E-state index in [-0.39, 0.29) is 22.5 Å². The molecule has 1 aliphatic rings. The molecule has 0 bridgehead atoms. The molecule has 2 amide bonds. The molecule has 0 saturated carbocycles. The van der Waals surface area contributed by atoms with Gasteiger partial charge in [0.05, 0.1) is 5.75 Å². The number of benzene rings is 1. The van der Waals surface area contributed by atoms with E-state index in [4.69, 9.17) is 10.2 Å². The van der Waals surface area contributed by atoms with Crippen molar-refractivity contribution in [3.63, 3.8) is 0 Å². The summed E-state index contributed by atoms with van der Waals surface area (Å²) in [6, 6.07) is 5.81. The second kappa shape index (κ2) is 5.90. The fourth-order valence-corrected chi connectivity index (χ4v) is 1.49. The standard InChI is InChI=1S/C7H6O3.C3H3NO2S/c8-6-4-2-1-3-5(6)7(9)10;5-2-1-7-3(6)4-2/h1-4,8H,(H,9,10);1H2,(H,4,5,6). The molecule has 1 saturated heterocycles. The minimum atomic E-state index is -1.11. The minimum absolute atomic E-state index is 0.0671. The van der Waals surface area contributed by atoms with Crippen molar-refractivity contribution >= 4 is 28.9 Å². The van der Waals surface area contributed by atoms with Crippen LogP contribution in [0.2, 0.25) is 0 Å². The number of imide groups is 1. The van der Waals surface area contributed by atoms with E-state index in [9.17, 15) is 14.4 Å². The number of aromatic hydroxyl groups is 1. The van der Waals surface area contributed by atoms with Crippen molar-refractivity contribution in [2.45, 2.75) is 0 Å². The van der Waals surface area contributed by atoms with Gasteiger partial charge >= 0.3 is 5.97 Å². The van der Waals surface area contributed by atoms with Crippen LogP contribution in [0.1, 0.15) is 10.4 Å². The van der Waals surface area contributed by atoms with Crippen molar-refractivity contribution in [3.8, 4) is 5.75 Å². The number of para-hydroxylation sites is 1. The molecular weight excluding hydrogens is 246 g/mol. The van der Waals surface area contributed by atoms with Gasteiger partial charge in [-0.3, -0.25) is 14.9 Å². The zero-order valence-electron chi connectivity index (χ0n) is 8.54. The maximum Gasteiger partial charge on any atom is 0.339 e. The van der Waals surface area contributed by atoms with E-state index in [1.165, 1.54) is 12.1 Å². The zero-order chi connectivity index (χ0) is 12.8. The van der Waals surface area contributed by atoms with Gasteiger partial charge in [0.15, 0.2) is 0 Å². The van der Waals surface area contributed by atoms with Gasteiger partial charge in [-0.1, -0.05) is 23.9 Å². The lowest BCUT2D eigenvalue weighted by Crippen LogP contribution is -2.18. The Kier molecular flexibility index (Phi) is 4.53. The van der Waals surface area contributed by atoms with Crippen LogP contribution in [0.5, 0.6) is 5.75 Å². The fourth-order valence-electron chi connectivity index (χ4n) is 0.972. The van der Waals surface area contributed by atoms with Crippen LogP contribution in [0.4, 0.5) is 4.79 Å². The number of carbonyl (C=O) groups is 3. The van der Waals surface area contributed by atoms with E-state index in [0.29, 0.717) is 5.75 Å². The number of phenols is 1. The molecule has 1 fully saturated rings. The molecular formula is C10H9NO5S. The van der Waals surface area contributed by atoms with Crippen LogP contribution in [-0.4, -0.2) is 33.1 Å². The largest absolute Gasteiger partial charge is 0.507 e. The Morgan fingerprint density at radius 2 is 1.94 bits per heavy atom. The molecule has 6 nitrogen and oxygen atoms in total. The highest BCUT2D eigenvalue weighted by Gasteiger charge is 2.16. The average molecular weight is 255 g/mol. The molecule has 1 heterocycles. The molecule has 3 N–H and O–H groups in total. The third-order valence-electron chi connectivity index (χ3n) is 1.71. The third-order valence-corrected chi connectivity index (χ3v) is 2.48. The molecule has 0 unspecified atom stereocenters. The Morgan fingerprint density at radius 3 is 2.24 bits per heavy atom. The van der Waals surface area contributed by atoms with Crippen LogP contribution in [-0.2, 0) is 4.79 Å². The minimum Gasteiger partial charge on any atom is -0.507 e.